The van der Waals surface area contributed by atoms with E-state index in [1.807, 2.05) is 62.4 Å². The maximum atomic E-state index is 5.88. The maximum absolute atomic E-state index is 5.88. The van der Waals surface area contributed by atoms with E-state index in [1.54, 1.807) is 0 Å². The minimum atomic E-state index is 0.573. The van der Waals surface area contributed by atoms with Crippen LogP contribution in [0.15, 0.2) is 53.5 Å². The van der Waals surface area contributed by atoms with Crippen LogP contribution in [0.2, 0.25) is 0 Å². The van der Waals surface area contributed by atoms with Crippen LogP contribution in [0.3, 0.4) is 0 Å². The molecule has 0 unspecified atom stereocenters. The number of aliphatic imine (C=N–C) groups is 1. The molecule has 0 bridgehead atoms. The van der Waals surface area contributed by atoms with Gasteiger partial charge in [0.1, 0.15) is 5.75 Å². The molecule has 3 nitrogen and oxygen atoms in total. The highest BCUT2D eigenvalue weighted by atomic mass is 32.1. The van der Waals surface area contributed by atoms with Crippen LogP contribution in [-0.4, -0.2) is 10.1 Å². The van der Waals surface area contributed by atoms with Crippen molar-refractivity contribution >= 4 is 34.0 Å². The van der Waals surface area contributed by atoms with Gasteiger partial charge in [0.05, 0.1) is 16.4 Å². The molecule has 0 fully saturated rings. The van der Waals surface area contributed by atoms with Gasteiger partial charge in [-0.2, -0.15) is 4.99 Å². The number of nitrogens with zero attached hydrogens (tertiary/aromatic N) is 2. The Kier molecular flexibility index (Phi) is 3.96. The fourth-order valence-electron chi connectivity index (χ4n) is 2.42. The van der Waals surface area contributed by atoms with Gasteiger partial charge in [-0.3, -0.25) is 0 Å². The highest BCUT2D eigenvalue weighted by Gasteiger charge is 2.07. The summed E-state index contributed by atoms with van der Waals surface area (Å²) in [7, 11) is 0. The van der Waals surface area contributed by atoms with Crippen molar-refractivity contribution in [3.63, 3.8) is 0 Å². The molecule has 1 aromatic heterocycles. The summed E-state index contributed by atoms with van der Waals surface area (Å²) >= 11 is 4.68. The van der Waals surface area contributed by atoms with Crippen molar-refractivity contribution in [2.75, 3.05) is 0 Å². The van der Waals surface area contributed by atoms with E-state index in [4.69, 9.17) is 4.74 Å². The highest BCUT2D eigenvalue weighted by molar-refractivity contribution is 7.78. The second-order valence-electron chi connectivity index (χ2n) is 5.05. The van der Waals surface area contributed by atoms with Crippen molar-refractivity contribution in [2.45, 2.75) is 13.8 Å². The lowest BCUT2D eigenvalue weighted by Crippen LogP contribution is -1.90. The number of thiocarbonyl (C=S) groups is 1. The molecule has 0 spiro atoms. The molecule has 4 heteroatoms. The number of aromatic nitrogens is 1. The van der Waals surface area contributed by atoms with Gasteiger partial charge in [-0.05, 0) is 61.5 Å². The van der Waals surface area contributed by atoms with Gasteiger partial charge in [-0.1, -0.05) is 18.2 Å². The predicted octanol–water partition coefficient (Wildman–Crippen LogP) is 5.38. The molecule has 3 aromatic rings. The third-order valence-corrected chi connectivity index (χ3v) is 3.51. The first-order valence-corrected chi connectivity index (χ1v) is 7.31. The predicted molar refractivity (Wildman–Crippen MR) is 92.4 cm³/mol. The van der Waals surface area contributed by atoms with Crippen LogP contribution in [0.1, 0.15) is 11.1 Å². The standard InChI is InChI=1S/C18H14N2OS/c1-12-9-15(10-13(2)18(12)19-11-22)21-17-8-7-14-5-3-4-6-16(14)20-17/h3-10H,1-2H3. The molecule has 0 N–H and O–H groups in total. The Hall–Kier alpha value is -2.55. The number of benzene rings is 2. The maximum Gasteiger partial charge on any atom is 0.219 e. The van der Waals surface area contributed by atoms with Crippen LogP contribution >= 0.6 is 12.2 Å². The average molecular weight is 306 g/mol. The topological polar surface area (TPSA) is 34.5 Å². The van der Waals surface area contributed by atoms with Crippen LogP contribution in [0.5, 0.6) is 11.6 Å². The van der Waals surface area contributed by atoms with Crippen molar-refractivity contribution < 1.29 is 4.74 Å². The Morgan fingerprint density at radius 2 is 1.77 bits per heavy atom. The molecule has 3 rings (SSSR count). The Labute approximate surface area is 134 Å². The van der Waals surface area contributed by atoms with Crippen molar-refractivity contribution in [1.82, 2.24) is 4.98 Å². The van der Waals surface area contributed by atoms with Crippen LogP contribution in [-0.2, 0) is 0 Å². The minimum absolute atomic E-state index is 0.573. The molecule has 0 saturated carbocycles. The zero-order valence-electron chi connectivity index (χ0n) is 12.3. The summed E-state index contributed by atoms with van der Waals surface area (Å²) in [6, 6.07) is 15.7. The Bertz CT molecular complexity index is 875. The molecule has 0 radical (unpaired) electrons. The van der Waals surface area contributed by atoms with E-state index >= 15 is 0 Å². The van der Waals surface area contributed by atoms with E-state index in [0.29, 0.717) is 5.88 Å². The van der Waals surface area contributed by atoms with Crippen LogP contribution in [0, 0.1) is 13.8 Å². The van der Waals surface area contributed by atoms with Gasteiger partial charge in [0, 0.05) is 11.5 Å². The molecule has 0 aliphatic heterocycles. The zero-order chi connectivity index (χ0) is 15.5. The average Bonchev–Trinajstić information content (AvgIpc) is 2.51. The summed E-state index contributed by atoms with van der Waals surface area (Å²) in [5, 5.41) is 3.50. The molecule has 0 aliphatic carbocycles. The molecular weight excluding hydrogens is 292 g/mol. The van der Waals surface area contributed by atoms with Gasteiger partial charge in [0.15, 0.2) is 0 Å². The second-order valence-corrected chi connectivity index (χ2v) is 5.24. The number of ether oxygens (including phenoxy) is 1. The van der Waals surface area contributed by atoms with Crippen molar-refractivity contribution in [2.24, 2.45) is 4.99 Å². The Balaban J connectivity index is 1.96. The van der Waals surface area contributed by atoms with Gasteiger partial charge < -0.3 is 4.74 Å². The van der Waals surface area contributed by atoms with E-state index in [2.05, 4.69) is 27.4 Å². The van der Waals surface area contributed by atoms with Crippen LogP contribution < -0.4 is 4.74 Å². The third kappa shape index (κ3) is 2.89. The number of hydrogen-bond donors (Lipinski definition) is 0. The summed E-state index contributed by atoms with van der Waals surface area (Å²) in [4.78, 5) is 8.60. The van der Waals surface area contributed by atoms with Gasteiger partial charge in [-0.25, -0.2) is 4.98 Å². The number of fused-ring (bicyclic) bond motifs is 1. The molecule has 2 aromatic carbocycles. The number of aryl methyl sites for hydroxylation is 2. The molecular formula is C18H14N2OS. The lowest BCUT2D eigenvalue weighted by molar-refractivity contribution is 0.464. The van der Waals surface area contributed by atoms with E-state index in [1.165, 1.54) is 0 Å². The van der Waals surface area contributed by atoms with Gasteiger partial charge in [0.2, 0.25) is 5.88 Å². The molecule has 1 heterocycles. The number of para-hydroxylation sites is 1. The van der Waals surface area contributed by atoms with E-state index in [0.717, 1.165) is 33.5 Å². The third-order valence-electron chi connectivity index (χ3n) is 3.42. The van der Waals surface area contributed by atoms with Crippen molar-refractivity contribution in [1.29, 1.82) is 0 Å². The normalized spacial score (nSPS) is 10.3. The lowest BCUT2D eigenvalue weighted by Gasteiger charge is -2.10. The number of hydrogen-bond acceptors (Lipinski definition) is 4. The van der Waals surface area contributed by atoms with Gasteiger partial charge in [-0.15, -0.1) is 0 Å². The summed E-state index contributed by atoms with van der Waals surface area (Å²) in [6.45, 7) is 3.94. The first kappa shape index (κ1) is 14.4. The first-order valence-electron chi connectivity index (χ1n) is 6.90. The largest absolute Gasteiger partial charge is 0.439 e. The SMILES string of the molecule is Cc1cc(Oc2ccc3ccccc3n2)cc(C)c1N=C=S. The number of rotatable bonds is 3. The Morgan fingerprint density at radius 3 is 2.50 bits per heavy atom. The Morgan fingerprint density at radius 1 is 1.05 bits per heavy atom. The van der Waals surface area contributed by atoms with Crippen molar-refractivity contribution in [3.05, 3.63) is 59.7 Å². The van der Waals surface area contributed by atoms with E-state index < -0.39 is 0 Å². The summed E-state index contributed by atoms with van der Waals surface area (Å²) in [5.41, 5.74) is 3.74. The smallest absolute Gasteiger partial charge is 0.219 e. The monoisotopic (exact) mass is 306 g/mol. The summed E-state index contributed by atoms with van der Waals surface area (Å²) in [5.74, 6) is 1.31. The van der Waals surface area contributed by atoms with Crippen LogP contribution in [0.4, 0.5) is 5.69 Å². The lowest BCUT2D eigenvalue weighted by atomic mass is 10.1. The fraction of sp³-hybridized carbons (Fsp3) is 0.111. The van der Waals surface area contributed by atoms with Crippen molar-refractivity contribution in [3.8, 4) is 11.6 Å². The molecule has 0 amide bonds. The van der Waals surface area contributed by atoms with Gasteiger partial charge in [0.25, 0.3) is 0 Å². The first-order chi connectivity index (χ1) is 10.7. The quantitative estimate of drug-likeness (QED) is 0.481. The fourth-order valence-corrected chi connectivity index (χ4v) is 2.51. The number of isothiocyanates is 1. The van der Waals surface area contributed by atoms with Gasteiger partial charge >= 0.3 is 0 Å². The van der Waals surface area contributed by atoms with Crippen LogP contribution in [0.25, 0.3) is 10.9 Å². The summed E-state index contributed by atoms with van der Waals surface area (Å²) in [6.07, 6.45) is 0. The van der Waals surface area contributed by atoms with E-state index in [-0.39, 0.29) is 0 Å². The molecule has 0 saturated heterocycles. The second kappa shape index (κ2) is 6.06. The summed E-state index contributed by atoms with van der Waals surface area (Å²) < 4.78 is 5.88. The minimum Gasteiger partial charge on any atom is -0.439 e. The molecule has 108 valence electrons. The molecule has 0 atom stereocenters. The number of pyridine rings is 1. The highest BCUT2D eigenvalue weighted by Crippen LogP contribution is 2.31. The van der Waals surface area contributed by atoms with E-state index in [9.17, 15) is 0 Å². The zero-order valence-corrected chi connectivity index (χ0v) is 13.1. The molecule has 0 aliphatic rings. The molecule has 22 heavy (non-hydrogen) atoms.